The first-order valence-electron chi connectivity index (χ1n) is 14.4. The zero-order valence-electron chi connectivity index (χ0n) is 24.8. The van der Waals surface area contributed by atoms with Crippen LogP contribution in [0.3, 0.4) is 0 Å². The molecule has 1 aliphatic carbocycles. The number of rotatable bonds is 7. The van der Waals surface area contributed by atoms with Crippen LogP contribution in [0.25, 0.3) is 11.1 Å². The molecule has 2 heterocycles. The van der Waals surface area contributed by atoms with E-state index in [1.807, 2.05) is 0 Å². The number of methoxy groups -OCH3 is 1. The Balaban J connectivity index is 1.47. The summed E-state index contributed by atoms with van der Waals surface area (Å²) in [5.74, 6) is -5.00. The number of aliphatic carboxylic acids is 1. The Hall–Kier alpha value is -4.93. The Kier molecular flexibility index (Phi) is 7.97. The maximum absolute atomic E-state index is 12.2. The number of ether oxygens (including phenoxy) is 4. The molecule has 6 atom stereocenters. The molecule has 15 heteroatoms. The SMILES string of the molecule is COc1c2c(c(O)c3c1Oc1c(O[C@@H]4O[C@H](C(=O)O)[C@@H](O)[C@H](O)[C@H]4O)cccc1C3O)-c1c(cc(CC(C)=O)c(C(=O)O)c1O)CC2. The van der Waals surface area contributed by atoms with Gasteiger partial charge in [-0.2, -0.15) is 0 Å². The van der Waals surface area contributed by atoms with Gasteiger partial charge in [-0.15, -0.1) is 0 Å². The van der Waals surface area contributed by atoms with Crippen molar-refractivity contribution in [1.29, 1.82) is 0 Å². The molecule has 6 rings (SSSR count). The van der Waals surface area contributed by atoms with Crippen LogP contribution in [-0.4, -0.2) is 96.4 Å². The number of ketones is 1. The minimum Gasteiger partial charge on any atom is -0.507 e. The van der Waals surface area contributed by atoms with Gasteiger partial charge in [-0.25, -0.2) is 9.59 Å². The zero-order chi connectivity index (χ0) is 34.1. The van der Waals surface area contributed by atoms with Crippen LogP contribution in [0.5, 0.6) is 34.5 Å². The van der Waals surface area contributed by atoms with Crippen LogP contribution < -0.4 is 14.2 Å². The first kappa shape index (κ1) is 32.0. The molecule has 47 heavy (non-hydrogen) atoms. The molecule has 0 saturated carbocycles. The normalized spacial score (nSPS) is 24.1. The number of fused-ring (bicyclic) bond motifs is 5. The van der Waals surface area contributed by atoms with Gasteiger partial charge in [0.05, 0.1) is 12.7 Å². The predicted molar refractivity (Wildman–Crippen MR) is 156 cm³/mol. The average molecular weight is 655 g/mol. The first-order valence-corrected chi connectivity index (χ1v) is 14.4. The molecular weight excluding hydrogens is 624 g/mol. The maximum atomic E-state index is 12.2. The van der Waals surface area contributed by atoms with Crippen molar-refractivity contribution in [3.63, 3.8) is 0 Å². The highest BCUT2D eigenvalue weighted by molar-refractivity contribution is 6.00. The van der Waals surface area contributed by atoms with Crippen molar-refractivity contribution >= 4 is 17.7 Å². The van der Waals surface area contributed by atoms with Crippen molar-refractivity contribution in [1.82, 2.24) is 0 Å². The highest BCUT2D eigenvalue weighted by atomic mass is 16.7. The second-order valence-corrected chi connectivity index (χ2v) is 11.5. The molecule has 3 aromatic carbocycles. The van der Waals surface area contributed by atoms with Crippen LogP contribution >= 0.6 is 0 Å². The summed E-state index contributed by atoms with van der Waals surface area (Å²) in [4.78, 5) is 35.7. The maximum Gasteiger partial charge on any atom is 0.339 e. The largest absolute Gasteiger partial charge is 0.507 e. The number of aliphatic hydroxyl groups is 4. The smallest absolute Gasteiger partial charge is 0.339 e. The summed E-state index contributed by atoms with van der Waals surface area (Å²) in [6.07, 6.45) is -10.9. The van der Waals surface area contributed by atoms with Crippen molar-refractivity contribution < 1.29 is 74.2 Å². The average Bonchev–Trinajstić information content (AvgIpc) is 3.01. The van der Waals surface area contributed by atoms with Gasteiger partial charge in [-0.05, 0) is 37.0 Å². The van der Waals surface area contributed by atoms with E-state index in [9.17, 15) is 55.2 Å². The number of aromatic carboxylic acids is 1. The molecule has 1 saturated heterocycles. The summed E-state index contributed by atoms with van der Waals surface area (Å²) in [5, 5.41) is 84.7. The number of phenolic OH excluding ortho intramolecular Hbond substituents is 1. The molecule has 1 fully saturated rings. The molecule has 0 aromatic heterocycles. The monoisotopic (exact) mass is 654 g/mol. The highest BCUT2D eigenvalue weighted by Gasteiger charge is 2.49. The number of benzene rings is 3. The lowest BCUT2D eigenvalue weighted by Crippen LogP contribution is -2.61. The van der Waals surface area contributed by atoms with E-state index in [4.69, 9.17) is 18.9 Å². The van der Waals surface area contributed by atoms with Gasteiger partial charge in [0.1, 0.15) is 47.3 Å². The Morgan fingerprint density at radius 2 is 1.66 bits per heavy atom. The Morgan fingerprint density at radius 1 is 0.936 bits per heavy atom. The summed E-state index contributed by atoms with van der Waals surface area (Å²) < 4.78 is 22.8. The Bertz CT molecular complexity index is 1830. The van der Waals surface area contributed by atoms with Crippen molar-refractivity contribution in [3.8, 4) is 45.6 Å². The van der Waals surface area contributed by atoms with Gasteiger partial charge in [0.2, 0.25) is 6.29 Å². The number of aliphatic hydroxyl groups excluding tert-OH is 4. The number of Topliss-reactive ketones (excluding diaryl/α,β-unsaturated/α-hetero) is 1. The third kappa shape index (κ3) is 4.99. The number of hydrogen-bond acceptors (Lipinski definition) is 13. The molecule has 0 radical (unpaired) electrons. The lowest BCUT2D eigenvalue weighted by Gasteiger charge is -2.39. The van der Waals surface area contributed by atoms with E-state index in [0.717, 1.165) is 0 Å². The topological polar surface area (TPSA) is 250 Å². The number of aromatic hydroxyl groups is 2. The van der Waals surface area contributed by atoms with Crippen molar-refractivity contribution in [2.75, 3.05) is 7.11 Å². The molecule has 248 valence electrons. The molecule has 8 N–H and O–H groups in total. The third-order valence-electron chi connectivity index (χ3n) is 8.57. The van der Waals surface area contributed by atoms with E-state index in [1.54, 1.807) is 0 Å². The number of para-hydroxylation sites is 1. The minimum atomic E-state index is -1.95. The Labute approximate surface area is 265 Å². The van der Waals surface area contributed by atoms with Crippen molar-refractivity contribution in [2.45, 2.75) is 63.0 Å². The van der Waals surface area contributed by atoms with Crippen LogP contribution in [0, 0.1) is 0 Å². The summed E-state index contributed by atoms with van der Waals surface area (Å²) in [5.41, 5.74) is 0.279. The molecule has 0 spiro atoms. The number of carbonyl (C=O) groups is 3. The Morgan fingerprint density at radius 3 is 2.30 bits per heavy atom. The fraction of sp³-hybridized carbons (Fsp3) is 0.344. The summed E-state index contributed by atoms with van der Waals surface area (Å²) in [7, 11) is 1.31. The molecule has 3 aliphatic rings. The lowest BCUT2D eigenvalue weighted by atomic mass is 9.78. The number of carboxylic acids is 2. The summed E-state index contributed by atoms with van der Waals surface area (Å²) in [6, 6.07) is 5.71. The summed E-state index contributed by atoms with van der Waals surface area (Å²) >= 11 is 0. The molecule has 0 amide bonds. The van der Waals surface area contributed by atoms with E-state index in [-0.39, 0.29) is 75.9 Å². The van der Waals surface area contributed by atoms with Crippen LogP contribution in [0.1, 0.15) is 51.2 Å². The first-order chi connectivity index (χ1) is 22.3. The van der Waals surface area contributed by atoms with Gasteiger partial charge in [0, 0.05) is 28.7 Å². The quantitative estimate of drug-likeness (QED) is 0.178. The van der Waals surface area contributed by atoms with Gasteiger partial charge in [0.25, 0.3) is 0 Å². The number of hydrogen-bond donors (Lipinski definition) is 8. The van der Waals surface area contributed by atoms with Crippen LogP contribution in [0.4, 0.5) is 0 Å². The van der Waals surface area contributed by atoms with E-state index in [0.29, 0.717) is 11.1 Å². The number of aryl methyl sites for hydroxylation is 1. The lowest BCUT2D eigenvalue weighted by molar-refractivity contribution is -0.271. The zero-order valence-corrected chi connectivity index (χ0v) is 24.8. The van der Waals surface area contributed by atoms with Gasteiger partial charge >= 0.3 is 11.9 Å². The molecular formula is C32H30O15. The van der Waals surface area contributed by atoms with Crippen molar-refractivity contribution in [3.05, 3.63) is 57.6 Å². The number of carbonyl (C=O) groups excluding carboxylic acids is 1. The van der Waals surface area contributed by atoms with Gasteiger partial charge < -0.3 is 59.8 Å². The van der Waals surface area contributed by atoms with Gasteiger partial charge in [-0.1, -0.05) is 18.2 Å². The number of phenols is 2. The molecule has 0 bridgehead atoms. The highest BCUT2D eigenvalue weighted by Crippen LogP contribution is 2.60. The van der Waals surface area contributed by atoms with Crippen LogP contribution in [-0.2, 0) is 33.6 Å². The molecule has 2 aliphatic heterocycles. The van der Waals surface area contributed by atoms with Crippen LogP contribution in [0.15, 0.2) is 24.3 Å². The third-order valence-corrected chi connectivity index (χ3v) is 8.57. The van der Waals surface area contributed by atoms with E-state index in [2.05, 4.69) is 0 Å². The van der Waals surface area contributed by atoms with E-state index >= 15 is 0 Å². The fourth-order valence-electron chi connectivity index (χ4n) is 6.48. The fourth-order valence-corrected chi connectivity index (χ4v) is 6.48. The van der Waals surface area contributed by atoms with Gasteiger partial charge in [0.15, 0.2) is 29.1 Å². The summed E-state index contributed by atoms with van der Waals surface area (Å²) in [6.45, 7) is 1.29. The standard InChI is InChI=1S/C32H30O15/c1-10(33)8-12-9-11-6-7-13-18(16(11)21(35)17(12)30(40)41)22(36)19-20(34)14-4-3-5-15(26(14)46-28(19)27(13)44-2)45-32-25(39)23(37)24(38)29(47-32)31(42)43/h3-5,9,20,23-25,29,32,34-39H,6-8H2,1-2H3,(H,40,41)(H,42,43)/t20?,23-,24-,25+,29-,32+/m0/s1. The molecule has 15 nitrogen and oxygen atoms in total. The van der Waals surface area contributed by atoms with Gasteiger partial charge in [-0.3, -0.25) is 4.79 Å². The number of carboxylic acid groups (broad SMARTS) is 2. The second kappa shape index (κ2) is 11.7. The molecule has 1 unspecified atom stereocenters. The minimum absolute atomic E-state index is 0.00166. The second-order valence-electron chi connectivity index (χ2n) is 11.5. The van der Waals surface area contributed by atoms with Crippen molar-refractivity contribution in [2.24, 2.45) is 0 Å². The van der Waals surface area contributed by atoms with Crippen LogP contribution in [0.2, 0.25) is 0 Å². The predicted octanol–water partition coefficient (Wildman–Crippen LogP) is 1.16. The van der Waals surface area contributed by atoms with E-state index in [1.165, 1.54) is 38.3 Å². The van der Waals surface area contributed by atoms with E-state index < -0.39 is 65.8 Å². The molecule has 3 aromatic rings.